The van der Waals surface area contributed by atoms with Gasteiger partial charge in [-0.1, -0.05) is 19.1 Å². The fourth-order valence-corrected chi connectivity index (χ4v) is 2.40. The van der Waals surface area contributed by atoms with Crippen molar-refractivity contribution in [1.29, 1.82) is 0 Å². The maximum absolute atomic E-state index is 10.8. The summed E-state index contributed by atoms with van der Waals surface area (Å²) in [4.78, 5) is 10.4. The molecule has 6 heteroatoms. The predicted octanol–water partition coefficient (Wildman–Crippen LogP) is 1.79. The van der Waals surface area contributed by atoms with Crippen LogP contribution >= 0.6 is 0 Å². The van der Waals surface area contributed by atoms with Gasteiger partial charge in [0.05, 0.1) is 11.5 Å². The molecule has 2 N–H and O–H groups in total. The third-order valence-corrected chi connectivity index (χ3v) is 3.65. The zero-order valence-electron chi connectivity index (χ0n) is 11.5. The molecule has 1 aliphatic heterocycles. The average molecular weight is 280 g/mol. The Balaban J connectivity index is 2.04. The largest absolute Gasteiger partial charge is 0.386 e. The minimum Gasteiger partial charge on any atom is -0.386 e. The van der Waals surface area contributed by atoms with Gasteiger partial charge in [0.2, 0.25) is 0 Å². The predicted molar refractivity (Wildman–Crippen MR) is 74.5 cm³/mol. The van der Waals surface area contributed by atoms with Gasteiger partial charge in [0.15, 0.2) is 0 Å². The van der Waals surface area contributed by atoms with Crippen molar-refractivity contribution in [1.82, 2.24) is 5.32 Å². The molecule has 1 saturated heterocycles. The van der Waals surface area contributed by atoms with Crippen molar-refractivity contribution in [2.75, 3.05) is 19.8 Å². The van der Waals surface area contributed by atoms with Crippen LogP contribution in [-0.2, 0) is 4.74 Å². The van der Waals surface area contributed by atoms with E-state index < -0.39 is 10.5 Å². The molecule has 20 heavy (non-hydrogen) atoms. The molecule has 0 bridgehead atoms. The number of nitrogens with zero attached hydrogens (tertiary/aromatic N) is 1. The number of nitro groups is 1. The molecule has 1 heterocycles. The molecule has 1 fully saturated rings. The van der Waals surface area contributed by atoms with E-state index in [-0.39, 0.29) is 11.7 Å². The quantitative estimate of drug-likeness (QED) is 0.613. The highest BCUT2D eigenvalue weighted by atomic mass is 16.6. The Hall–Kier alpha value is -1.50. The Bertz CT molecular complexity index is 472. The first-order chi connectivity index (χ1) is 9.54. The van der Waals surface area contributed by atoms with Crippen molar-refractivity contribution in [3.8, 4) is 0 Å². The van der Waals surface area contributed by atoms with Crippen LogP contribution in [0.3, 0.4) is 0 Å². The minimum absolute atomic E-state index is 0.0143. The smallest absolute Gasteiger partial charge is 0.269 e. The second kappa shape index (κ2) is 6.30. The highest BCUT2D eigenvalue weighted by Crippen LogP contribution is 2.23. The van der Waals surface area contributed by atoms with E-state index in [0.29, 0.717) is 26.2 Å². The lowest BCUT2D eigenvalue weighted by Gasteiger charge is -2.25. The lowest BCUT2D eigenvalue weighted by Crippen LogP contribution is -2.42. The molecule has 0 radical (unpaired) electrons. The fourth-order valence-electron chi connectivity index (χ4n) is 2.40. The summed E-state index contributed by atoms with van der Waals surface area (Å²) in [7, 11) is 0. The molecule has 2 unspecified atom stereocenters. The number of rotatable bonds is 6. The molecule has 0 spiro atoms. The van der Waals surface area contributed by atoms with Gasteiger partial charge in [-0.2, -0.15) is 0 Å². The van der Waals surface area contributed by atoms with Gasteiger partial charge in [-0.3, -0.25) is 10.1 Å². The van der Waals surface area contributed by atoms with E-state index in [1.807, 2.05) is 13.0 Å². The molecular weight excluding hydrogens is 260 g/mol. The number of benzene rings is 1. The molecule has 1 aromatic rings. The Morgan fingerprint density at radius 1 is 1.60 bits per heavy atom. The van der Waals surface area contributed by atoms with Crippen molar-refractivity contribution in [2.24, 2.45) is 0 Å². The standard InChI is InChI=1S/C14H20N2O4/c1-2-13(15-9-14(17)6-7-20-10-14)11-4-3-5-12(8-11)16(18)19/h3-5,8,13,15,17H,2,6-7,9-10H2,1H3. The van der Waals surface area contributed by atoms with Crippen molar-refractivity contribution in [3.05, 3.63) is 39.9 Å². The van der Waals surface area contributed by atoms with Crippen LogP contribution < -0.4 is 5.32 Å². The molecule has 110 valence electrons. The van der Waals surface area contributed by atoms with Gasteiger partial charge in [0.1, 0.15) is 5.60 Å². The summed E-state index contributed by atoms with van der Waals surface area (Å²) in [6.07, 6.45) is 1.41. The van der Waals surface area contributed by atoms with Crippen LogP contribution in [0, 0.1) is 10.1 Å². The molecule has 1 aromatic carbocycles. The van der Waals surface area contributed by atoms with E-state index in [0.717, 1.165) is 12.0 Å². The number of nitro benzene ring substituents is 1. The van der Waals surface area contributed by atoms with Crippen LogP contribution in [0.4, 0.5) is 5.69 Å². The van der Waals surface area contributed by atoms with Crippen molar-refractivity contribution in [2.45, 2.75) is 31.4 Å². The molecule has 1 aliphatic rings. The summed E-state index contributed by atoms with van der Waals surface area (Å²) in [6, 6.07) is 6.60. The van der Waals surface area contributed by atoms with Crippen LogP contribution in [0.2, 0.25) is 0 Å². The zero-order chi connectivity index (χ0) is 14.6. The summed E-state index contributed by atoms with van der Waals surface area (Å²) in [5, 5.41) is 24.3. The van der Waals surface area contributed by atoms with Gasteiger partial charge >= 0.3 is 0 Å². The van der Waals surface area contributed by atoms with Crippen molar-refractivity contribution >= 4 is 5.69 Å². The monoisotopic (exact) mass is 280 g/mol. The second-order valence-corrected chi connectivity index (χ2v) is 5.22. The zero-order valence-corrected chi connectivity index (χ0v) is 11.5. The minimum atomic E-state index is -0.825. The first-order valence-corrected chi connectivity index (χ1v) is 6.82. The van der Waals surface area contributed by atoms with Crippen LogP contribution in [0.5, 0.6) is 0 Å². The highest BCUT2D eigenvalue weighted by Gasteiger charge is 2.32. The summed E-state index contributed by atoms with van der Waals surface area (Å²) in [5.41, 5.74) is 0.128. The molecule has 6 nitrogen and oxygen atoms in total. The van der Waals surface area contributed by atoms with Gasteiger partial charge in [0.25, 0.3) is 5.69 Å². The van der Waals surface area contributed by atoms with Crippen LogP contribution in [0.25, 0.3) is 0 Å². The lowest BCUT2D eigenvalue weighted by atomic mass is 10.00. The van der Waals surface area contributed by atoms with Gasteiger partial charge in [-0.05, 0) is 12.0 Å². The molecule has 0 aromatic heterocycles. The van der Waals surface area contributed by atoms with E-state index in [2.05, 4.69) is 5.32 Å². The molecule has 0 amide bonds. The Morgan fingerprint density at radius 3 is 3.00 bits per heavy atom. The van der Waals surface area contributed by atoms with Gasteiger partial charge < -0.3 is 15.2 Å². The summed E-state index contributed by atoms with van der Waals surface area (Å²) in [6.45, 7) is 3.34. The van der Waals surface area contributed by atoms with E-state index in [1.54, 1.807) is 12.1 Å². The number of ether oxygens (including phenoxy) is 1. The van der Waals surface area contributed by atoms with E-state index >= 15 is 0 Å². The first-order valence-electron chi connectivity index (χ1n) is 6.82. The molecule has 0 saturated carbocycles. The molecular formula is C14H20N2O4. The second-order valence-electron chi connectivity index (χ2n) is 5.22. The molecule has 2 rings (SSSR count). The van der Waals surface area contributed by atoms with Crippen LogP contribution in [-0.4, -0.2) is 35.4 Å². The number of aliphatic hydroxyl groups is 1. The Morgan fingerprint density at radius 2 is 2.40 bits per heavy atom. The summed E-state index contributed by atoms with van der Waals surface area (Å²) in [5.74, 6) is 0. The normalized spacial score (nSPS) is 23.7. The van der Waals surface area contributed by atoms with Crippen LogP contribution in [0.1, 0.15) is 31.4 Å². The Kier molecular flexibility index (Phi) is 4.69. The van der Waals surface area contributed by atoms with E-state index in [9.17, 15) is 15.2 Å². The maximum Gasteiger partial charge on any atom is 0.269 e. The van der Waals surface area contributed by atoms with Gasteiger partial charge in [0, 0.05) is 37.7 Å². The average Bonchev–Trinajstić information content (AvgIpc) is 2.87. The highest BCUT2D eigenvalue weighted by molar-refractivity contribution is 5.35. The van der Waals surface area contributed by atoms with Gasteiger partial charge in [-0.15, -0.1) is 0 Å². The summed E-state index contributed by atoms with van der Waals surface area (Å²) < 4.78 is 5.20. The van der Waals surface area contributed by atoms with E-state index in [1.165, 1.54) is 6.07 Å². The number of non-ortho nitro benzene ring substituents is 1. The summed E-state index contributed by atoms with van der Waals surface area (Å²) >= 11 is 0. The third kappa shape index (κ3) is 3.53. The SMILES string of the molecule is CCC(NCC1(O)CCOC1)c1cccc([N+](=O)[O-])c1. The third-order valence-electron chi connectivity index (χ3n) is 3.65. The number of hydrogen-bond donors (Lipinski definition) is 2. The lowest BCUT2D eigenvalue weighted by molar-refractivity contribution is -0.384. The fraction of sp³-hybridized carbons (Fsp3) is 0.571. The molecule has 0 aliphatic carbocycles. The van der Waals surface area contributed by atoms with Crippen molar-refractivity contribution < 1.29 is 14.8 Å². The van der Waals surface area contributed by atoms with Gasteiger partial charge in [-0.25, -0.2) is 0 Å². The number of hydrogen-bond acceptors (Lipinski definition) is 5. The molecule has 2 atom stereocenters. The van der Waals surface area contributed by atoms with E-state index in [4.69, 9.17) is 4.74 Å². The maximum atomic E-state index is 10.8. The number of nitrogens with one attached hydrogen (secondary N) is 1. The topological polar surface area (TPSA) is 84.6 Å². The van der Waals surface area contributed by atoms with Crippen LogP contribution in [0.15, 0.2) is 24.3 Å². The Labute approximate surface area is 117 Å². The first kappa shape index (κ1) is 14.9. The van der Waals surface area contributed by atoms with Crippen molar-refractivity contribution in [3.63, 3.8) is 0 Å².